The Morgan fingerprint density at radius 2 is 1.88 bits per heavy atom. The van der Waals surface area contributed by atoms with Crippen LogP contribution in [0.5, 0.6) is 0 Å². The second kappa shape index (κ2) is 5.82. The number of carbonyl (C=O) groups excluding carboxylic acids is 2. The highest BCUT2D eigenvalue weighted by atomic mass is 35.5. The van der Waals surface area contributed by atoms with Crippen molar-refractivity contribution >= 4 is 46.9 Å². The van der Waals surface area contributed by atoms with Crippen LogP contribution in [0.15, 0.2) is 29.4 Å². The number of hydrogen-bond acceptors (Lipinski definition) is 3. The lowest BCUT2D eigenvalue weighted by atomic mass is 10.2. The van der Waals surface area contributed by atoms with Crippen molar-refractivity contribution in [2.75, 3.05) is 14.1 Å². The van der Waals surface area contributed by atoms with Crippen molar-refractivity contribution in [3.05, 3.63) is 45.7 Å². The molecule has 0 spiro atoms. The Kier molecular flexibility index (Phi) is 3.82. The number of halogens is 2. The highest BCUT2D eigenvalue weighted by Crippen LogP contribution is 2.30. The van der Waals surface area contributed by atoms with Gasteiger partial charge in [0, 0.05) is 14.1 Å². The van der Waals surface area contributed by atoms with Gasteiger partial charge in [-0.15, -0.1) is 0 Å². The molecule has 0 saturated carbocycles. The van der Waals surface area contributed by atoms with Crippen molar-refractivity contribution in [2.24, 2.45) is 4.99 Å². The van der Waals surface area contributed by atoms with E-state index in [0.717, 1.165) is 16.2 Å². The molecule has 3 amide bonds. The van der Waals surface area contributed by atoms with E-state index in [1.807, 2.05) is 34.4 Å². The van der Waals surface area contributed by atoms with Crippen molar-refractivity contribution in [3.63, 3.8) is 0 Å². The Hall–Kier alpha value is -2.38. The first-order chi connectivity index (χ1) is 12.3. The lowest BCUT2D eigenvalue weighted by Crippen LogP contribution is -2.61. The molecule has 7 nitrogen and oxygen atoms in total. The van der Waals surface area contributed by atoms with E-state index in [1.165, 1.54) is 11.9 Å². The fourth-order valence-corrected chi connectivity index (χ4v) is 3.65. The molecule has 1 unspecified atom stereocenters. The smallest absolute Gasteiger partial charge is 0.270 e. The second-order valence-electron chi connectivity index (χ2n) is 6.42. The van der Waals surface area contributed by atoms with Crippen molar-refractivity contribution in [3.8, 4) is 0 Å². The summed E-state index contributed by atoms with van der Waals surface area (Å²) in [5, 5.41) is 0.986. The predicted molar refractivity (Wildman–Crippen MR) is 97.0 cm³/mol. The number of carbonyl (C=O) groups is 2. The molecule has 134 valence electrons. The minimum Gasteiger partial charge on any atom is -0.270 e. The van der Waals surface area contributed by atoms with E-state index in [2.05, 4.69) is 4.99 Å². The van der Waals surface area contributed by atoms with Gasteiger partial charge in [0.2, 0.25) is 11.9 Å². The van der Waals surface area contributed by atoms with Crippen molar-refractivity contribution < 1.29 is 14.2 Å². The zero-order valence-electron chi connectivity index (χ0n) is 14.4. The molecule has 9 heteroatoms. The van der Waals surface area contributed by atoms with Gasteiger partial charge in [-0.05, 0) is 24.6 Å². The second-order valence-corrected chi connectivity index (χ2v) is 7.24. The summed E-state index contributed by atoms with van der Waals surface area (Å²) in [6, 6.07) is 4.45. The summed E-state index contributed by atoms with van der Waals surface area (Å²) in [4.78, 5) is 31.9. The number of amides is 3. The standard InChI is InChI=1S/C17H16Cl2N5O2/c1-9-7-24-13-14(21(2)17(26)22(3)15(13)25)20-16(24)23(9)8-10-4-5-11(18)12(19)6-10/h4-7,13H,8H2,1-3H3/q+1. The Morgan fingerprint density at radius 3 is 2.58 bits per heavy atom. The van der Waals surface area contributed by atoms with E-state index in [-0.39, 0.29) is 11.9 Å². The Labute approximate surface area is 160 Å². The van der Waals surface area contributed by atoms with Gasteiger partial charge in [-0.1, -0.05) is 34.3 Å². The number of nitrogens with zero attached hydrogens (tertiary/aromatic N) is 5. The lowest BCUT2D eigenvalue weighted by Gasteiger charge is -2.30. The number of likely N-dealkylation sites (N-methyl/N-ethyl adjacent to an activating group) is 2. The Morgan fingerprint density at radius 1 is 1.15 bits per heavy atom. The number of rotatable bonds is 2. The van der Waals surface area contributed by atoms with Gasteiger partial charge in [0.05, 0.1) is 16.6 Å². The Bertz CT molecular complexity index is 997. The number of urea groups is 1. The van der Waals surface area contributed by atoms with E-state index in [0.29, 0.717) is 28.4 Å². The molecule has 1 aromatic carbocycles. The van der Waals surface area contributed by atoms with Crippen LogP contribution in [0, 0.1) is 6.92 Å². The average molecular weight is 393 g/mol. The third-order valence-corrected chi connectivity index (χ3v) is 5.51. The number of aromatic nitrogens is 2. The number of aliphatic imine (C=N–C) groups is 1. The molecule has 3 heterocycles. The first-order valence-corrected chi connectivity index (χ1v) is 8.74. The molecular formula is C17H16Cl2N5O2+. The van der Waals surface area contributed by atoms with E-state index in [1.54, 1.807) is 13.1 Å². The normalized spacial score (nSPS) is 19.0. The van der Waals surface area contributed by atoms with Gasteiger partial charge >= 0.3 is 12.0 Å². The summed E-state index contributed by atoms with van der Waals surface area (Å²) >= 11 is 12.1. The van der Waals surface area contributed by atoms with Crippen LogP contribution in [-0.4, -0.2) is 46.2 Å². The van der Waals surface area contributed by atoms with Crippen molar-refractivity contribution in [1.29, 1.82) is 0 Å². The molecule has 2 aliphatic rings. The number of fused-ring (bicyclic) bond motifs is 3. The molecule has 1 atom stereocenters. The van der Waals surface area contributed by atoms with Gasteiger partial charge in [-0.25, -0.2) is 13.9 Å². The summed E-state index contributed by atoms with van der Waals surface area (Å²) in [5.74, 6) is 0.773. The zero-order chi connectivity index (χ0) is 18.7. The maximum Gasteiger partial charge on any atom is 0.402 e. The summed E-state index contributed by atoms with van der Waals surface area (Å²) in [5.41, 5.74) is 1.91. The fraction of sp³-hybridized carbons (Fsp3) is 0.294. The molecule has 2 aromatic rings. The molecule has 26 heavy (non-hydrogen) atoms. The van der Waals surface area contributed by atoms with Crippen LogP contribution in [-0.2, 0) is 11.3 Å². The lowest BCUT2D eigenvalue weighted by molar-refractivity contribution is -0.677. The van der Waals surface area contributed by atoms with E-state index >= 15 is 0 Å². The summed E-state index contributed by atoms with van der Waals surface area (Å²) in [6.45, 7) is 2.47. The molecule has 4 rings (SSSR count). The number of hydrogen-bond donors (Lipinski definition) is 0. The predicted octanol–water partition coefficient (Wildman–Crippen LogP) is 2.55. The quantitative estimate of drug-likeness (QED) is 0.737. The van der Waals surface area contributed by atoms with Crippen LogP contribution in [0.25, 0.3) is 0 Å². The molecule has 1 saturated heterocycles. The van der Waals surface area contributed by atoms with Crippen molar-refractivity contribution in [2.45, 2.75) is 19.5 Å². The maximum absolute atomic E-state index is 12.6. The molecule has 1 fully saturated rings. The molecule has 0 aliphatic carbocycles. The SMILES string of the molecule is Cc1c[n+]2c(n1Cc1ccc(Cl)c(Cl)c1)N=C1C2C(=O)N(C)C(=O)N1C. The monoisotopic (exact) mass is 392 g/mol. The van der Waals surface area contributed by atoms with Gasteiger partial charge in [0.15, 0.2) is 0 Å². The number of aryl methyl sites for hydroxylation is 1. The molecule has 0 bridgehead atoms. The van der Waals surface area contributed by atoms with Crippen LogP contribution in [0.4, 0.5) is 10.7 Å². The molecule has 0 N–H and O–H groups in total. The third kappa shape index (κ3) is 2.34. The molecule has 2 aliphatic heterocycles. The average Bonchev–Trinajstić information content (AvgIpc) is 3.11. The molecule has 1 aromatic heterocycles. The van der Waals surface area contributed by atoms with Crippen LogP contribution in [0.3, 0.4) is 0 Å². The Balaban J connectivity index is 1.78. The summed E-state index contributed by atoms with van der Waals surface area (Å²) < 4.78 is 3.79. The van der Waals surface area contributed by atoms with E-state index < -0.39 is 6.04 Å². The molecular weight excluding hydrogens is 377 g/mol. The van der Waals surface area contributed by atoms with Gasteiger partial charge in [-0.2, -0.15) is 0 Å². The fourth-order valence-electron chi connectivity index (χ4n) is 3.33. The highest BCUT2D eigenvalue weighted by Gasteiger charge is 2.52. The third-order valence-electron chi connectivity index (χ3n) is 4.77. The van der Waals surface area contributed by atoms with Gasteiger partial charge < -0.3 is 0 Å². The van der Waals surface area contributed by atoms with Crippen LogP contribution >= 0.6 is 23.2 Å². The van der Waals surface area contributed by atoms with E-state index in [9.17, 15) is 9.59 Å². The van der Waals surface area contributed by atoms with Gasteiger partial charge in [-0.3, -0.25) is 14.6 Å². The summed E-state index contributed by atoms with van der Waals surface area (Å²) in [6.07, 6.45) is 1.88. The minimum atomic E-state index is -0.619. The first kappa shape index (κ1) is 17.1. The van der Waals surface area contributed by atoms with Gasteiger partial charge in [0.25, 0.3) is 5.91 Å². The number of imide groups is 1. The van der Waals surface area contributed by atoms with E-state index in [4.69, 9.17) is 23.2 Å². The van der Waals surface area contributed by atoms with Gasteiger partial charge in [0.1, 0.15) is 11.9 Å². The number of benzene rings is 1. The van der Waals surface area contributed by atoms with Crippen LogP contribution in [0.1, 0.15) is 17.3 Å². The highest BCUT2D eigenvalue weighted by molar-refractivity contribution is 6.42. The van der Waals surface area contributed by atoms with Crippen LogP contribution in [0.2, 0.25) is 10.0 Å². The summed E-state index contributed by atoms with van der Waals surface area (Å²) in [7, 11) is 3.11. The largest absolute Gasteiger partial charge is 0.402 e. The minimum absolute atomic E-state index is 0.290. The topological polar surface area (TPSA) is 61.8 Å². The van der Waals surface area contributed by atoms with Crippen LogP contribution < -0.4 is 4.57 Å². The number of imidazole rings is 1. The zero-order valence-corrected chi connectivity index (χ0v) is 15.9. The maximum atomic E-state index is 12.6. The number of amidine groups is 1. The first-order valence-electron chi connectivity index (χ1n) is 7.98. The van der Waals surface area contributed by atoms with Crippen molar-refractivity contribution in [1.82, 2.24) is 14.4 Å². The molecule has 0 radical (unpaired) electrons.